The van der Waals surface area contributed by atoms with Gasteiger partial charge >= 0.3 is 0 Å². The predicted molar refractivity (Wildman–Crippen MR) is 62.5 cm³/mol. The van der Waals surface area contributed by atoms with Crippen LogP contribution in [0.1, 0.15) is 10.4 Å². The van der Waals surface area contributed by atoms with E-state index in [1.807, 2.05) is 0 Å². The number of nitrogens with one attached hydrogen (secondary N) is 2. The molecule has 0 saturated carbocycles. The molecule has 2 N–H and O–H groups in total. The van der Waals surface area contributed by atoms with Crippen molar-refractivity contribution in [2.45, 2.75) is 0 Å². The first-order chi connectivity index (χ1) is 8.13. The highest BCUT2D eigenvalue weighted by Crippen LogP contribution is 2.02. The van der Waals surface area contributed by atoms with Crippen LogP contribution in [0.4, 0.5) is 4.39 Å². The van der Waals surface area contributed by atoms with E-state index in [9.17, 15) is 14.0 Å². The minimum atomic E-state index is -0.465. The maximum atomic E-state index is 12.8. The fraction of sp³-hybridized carbons (Fsp3) is 0.273. The van der Waals surface area contributed by atoms with Crippen molar-refractivity contribution in [3.63, 3.8) is 0 Å². The lowest BCUT2D eigenvalue weighted by Crippen LogP contribution is -2.35. The van der Waals surface area contributed by atoms with E-state index in [-0.39, 0.29) is 36.3 Å². The number of carbonyl (C=O) groups excluding carboxylic acids is 2. The van der Waals surface area contributed by atoms with E-state index in [0.29, 0.717) is 0 Å². The second-order valence-electron chi connectivity index (χ2n) is 3.25. The summed E-state index contributed by atoms with van der Waals surface area (Å²) < 4.78 is 12.8. The van der Waals surface area contributed by atoms with Gasteiger partial charge in [-0.3, -0.25) is 9.59 Å². The van der Waals surface area contributed by atoms with Crippen LogP contribution in [0.3, 0.4) is 0 Å². The Morgan fingerprint density at radius 2 is 1.94 bits per heavy atom. The van der Waals surface area contributed by atoms with Crippen molar-refractivity contribution in [1.29, 1.82) is 0 Å². The first-order valence-electron chi connectivity index (χ1n) is 5.00. The van der Waals surface area contributed by atoms with Crippen LogP contribution in [0.5, 0.6) is 0 Å². The van der Waals surface area contributed by atoms with Gasteiger partial charge in [0.1, 0.15) is 11.7 Å². The summed E-state index contributed by atoms with van der Waals surface area (Å²) in [6.45, 7) is 0.546. The Morgan fingerprint density at radius 1 is 1.24 bits per heavy atom. The second-order valence-corrected chi connectivity index (χ2v) is 3.52. The molecule has 0 spiro atoms. The lowest BCUT2D eigenvalue weighted by atomic mass is 10.2. The average Bonchev–Trinajstić information content (AvgIpc) is 2.34. The van der Waals surface area contributed by atoms with Crippen molar-refractivity contribution in [3.05, 3.63) is 35.6 Å². The number of rotatable bonds is 5. The SMILES string of the molecule is O=C(CCl)NCCNC(=O)c1cccc(F)c1. The summed E-state index contributed by atoms with van der Waals surface area (Å²) in [4.78, 5) is 22.3. The molecular formula is C11H12ClFN2O2. The van der Waals surface area contributed by atoms with Gasteiger partial charge in [-0.1, -0.05) is 6.07 Å². The molecule has 6 heteroatoms. The van der Waals surface area contributed by atoms with Crippen molar-refractivity contribution in [1.82, 2.24) is 10.6 Å². The van der Waals surface area contributed by atoms with Gasteiger partial charge in [0.2, 0.25) is 5.91 Å². The molecule has 0 aliphatic rings. The van der Waals surface area contributed by atoms with Crippen molar-refractivity contribution < 1.29 is 14.0 Å². The summed E-state index contributed by atoms with van der Waals surface area (Å²) in [7, 11) is 0. The number of hydrogen-bond donors (Lipinski definition) is 2. The minimum Gasteiger partial charge on any atom is -0.353 e. The minimum absolute atomic E-state index is 0.113. The summed E-state index contributed by atoms with van der Waals surface area (Å²) in [5.74, 6) is -1.26. The van der Waals surface area contributed by atoms with Crippen LogP contribution in [0.2, 0.25) is 0 Å². The topological polar surface area (TPSA) is 58.2 Å². The van der Waals surface area contributed by atoms with E-state index < -0.39 is 5.82 Å². The number of benzene rings is 1. The fourth-order valence-electron chi connectivity index (χ4n) is 1.16. The quantitative estimate of drug-likeness (QED) is 0.609. The molecule has 17 heavy (non-hydrogen) atoms. The number of halogens is 2. The van der Waals surface area contributed by atoms with Crippen LogP contribution in [-0.2, 0) is 4.79 Å². The number of amides is 2. The van der Waals surface area contributed by atoms with Crippen LogP contribution in [0.25, 0.3) is 0 Å². The van der Waals surface area contributed by atoms with Crippen LogP contribution in [0.15, 0.2) is 24.3 Å². The summed E-state index contributed by atoms with van der Waals surface area (Å²) in [5, 5.41) is 5.03. The highest BCUT2D eigenvalue weighted by Gasteiger charge is 2.05. The zero-order valence-electron chi connectivity index (χ0n) is 9.00. The van der Waals surface area contributed by atoms with Gasteiger partial charge in [-0.05, 0) is 18.2 Å². The summed E-state index contributed by atoms with van der Waals surface area (Å²) in [6, 6.07) is 5.37. The molecule has 4 nitrogen and oxygen atoms in total. The van der Waals surface area contributed by atoms with Gasteiger partial charge < -0.3 is 10.6 Å². The predicted octanol–water partition coefficient (Wildman–Crippen LogP) is 0.910. The molecule has 0 heterocycles. The average molecular weight is 259 g/mol. The lowest BCUT2D eigenvalue weighted by Gasteiger charge is -2.06. The zero-order valence-corrected chi connectivity index (χ0v) is 9.76. The maximum absolute atomic E-state index is 12.8. The molecule has 2 amide bonds. The molecule has 92 valence electrons. The zero-order chi connectivity index (χ0) is 12.7. The third-order valence-electron chi connectivity index (χ3n) is 1.94. The molecule has 1 rings (SSSR count). The number of alkyl halides is 1. The highest BCUT2D eigenvalue weighted by molar-refractivity contribution is 6.27. The van der Waals surface area contributed by atoms with Gasteiger partial charge in [0.25, 0.3) is 5.91 Å². The maximum Gasteiger partial charge on any atom is 0.251 e. The Kier molecular flexibility index (Phi) is 5.42. The monoisotopic (exact) mass is 258 g/mol. The van der Waals surface area contributed by atoms with Gasteiger partial charge in [-0.15, -0.1) is 11.6 Å². The van der Waals surface area contributed by atoms with Crippen LogP contribution in [-0.4, -0.2) is 30.8 Å². The van der Waals surface area contributed by atoms with Crippen molar-refractivity contribution >= 4 is 23.4 Å². The summed E-state index contributed by atoms with van der Waals surface area (Å²) >= 11 is 5.27. The third kappa shape index (κ3) is 4.82. The first-order valence-corrected chi connectivity index (χ1v) is 5.53. The molecule has 0 fully saturated rings. The third-order valence-corrected chi connectivity index (χ3v) is 2.18. The van der Waals surface area contributed by atoms with Gasteiger partial charge in [-0.25, -0.2) is 4.39 Å². The molecule has 0 aromatic heterocycles. The first kappa shape index (κ1) is 13.4. The lowest BCUT2D eigenvalue weighted by molar-refractivity contribution is -0.118. The van der Waals surface area contributed by atoms with Crippen molar-refractivity contribution in [2.24, 2.45) is 0 Å². The Balaban J connectivity index is 2.33. The fourth-order valence-corrected chi connectivity index (χ4v) is 1.25. The van der Waals surface area contributed by atoms with Gasteiger partial charge in [0.15, 0.2) is 0 Å². The molecule has 0 radical (unpaired) electrons. The molecule has 0 unspecified atom stereocenters. The normalized spacial score (nSPS) is 9.76. The van der Waals surface area contributed by atoms with Gasteiger partial charge in [0.05, 0.1) is 0 Å². The van der Waals surface area contributed by atoms with Crippen LogP contribution >= 0.6 is 11.6 Å². The number of hydrogen-bond acceptors (Lipinski definition) is 2. The van der Waals surface area contributed by atoms with E-state index >= 15 is 0 Å². The van der Waals surface area contributed by atoms with Crippen LogP contribution in [0, 0.1) is 5.82 Å². The highest BCUT2D eigenvalue weighted by atomic mass is 35.5. The number of carbonyl (C=O) groups is 2. The summed E-state index contributed by atoms with van der Waals surface area (Å²) in [5.41, 5.74) is 0.244. The van der Waals surface area contributed by atoms with E-state index in [1.54, 1.807) is 0 Å². The Bertz CT molecular complexity index is 412. The molecule has 0 bridgehead atoms. The largest absolute Gasteiger partial charge is 0.353 e. The molecule has 0 saturated heterocycles. The molecule has 1 aromatic rings. The van der Waals surface area contributed by atoms with Gasteiger partial charge in [-0.2, -0.15) is 0 Å². The Labute approximate surface area is 103 Å². The van der Waals surface area contributed by atoms with Crippen molar-refractivity contribution in [3.8, 4) is 0 Å². The molecular weight excluding hydrogens is 247 g/mol. The molecule has 0 aliphatic heterocycles. The van der Waals surface area contributed by atoms with E-state index in [4.69, 9.17) is 11.6 Å². The van der Waals surface area contributed by atoms with Crippen LogP contribution < -0.4 is 10.6 Å². The standard InChI is InChI=1S/C11H12ClFN2O2/c12-7-10(16)14-4-5-15-11(17)8-2-1-3-9(13)6-8/h1-3,6H,4-5,7H2,(H,14,16)(H,15,17). The van der Waals surface area contributed by atoms with Crippen molar-refractivity contribution in [2.75, 3.05) is 19.0 Å². The summed E-state index contributed by atoms with van der Waals surface area (Å²) in [6.07, 6.45) is 0. The second kappa shape index (κ2) is 6.85. The Hall–Kier alpha value is -1.62. The molecule has 0 aliphatic carbocycles. The smallest absolute Gasteiger partial charge is 0.251 e. The molecule has 1 aromatic carbocycles. The van der Waals surface area contributed by atoms with E-state index in [1.165, 1.54) is 18.2 Å². The van der Waals surface area contributed by atoms with E-state index in [2.05, 4.69) is 10.6 Å². The molecule has 0 atom stereocenters. The van der Waals surface area contributed by atoms with Gasteiger partial charge in [0, 0.05) is 18.7 Å². The van der Waals surface area contributed by atoms with E-state index in [0.717, 1.165) is 6.07 Å². The Morgan fingerprint density at radius 3 is 2.59 bits per heavy atom.